The van der Waals surface area contributed by atoms with E-state index in [1.165, 1.54) is 6.33 Å². The Bertz CT molecular complexity index is 649. The Morgan fingerprint density at radius 2 is 2.18 bits per heavy atom. The van der Waals surface area contributed by atoms with Crippen LogP contribution in [-0.4, -0.2) is 24.5 Å². The zero-order chi connectivity index (χ0) is 11.7. The summed E-state index contributed by atoms with van der Waals surface area (Å²) in [6.45, 7) is 0.664. The van der Waals surface area contributed by atoms with Gasteiger partial charge in [-0.25, -0.2) is 15.0 Å². The van der Waals surface area contributed by atoms with Crippen molar-refractivity contribution in [2.24, 2.45) is 0 Å². The molecule has 0 saturated carbocycles. The van der Waals surface area contributed by atoms with Crippen molar-refractivity contribution >= 4 is 22.8 Å². The molecule has 0 aliphatic heterocycles. The van der Waals surface area contributed by atoms with Gasteiger partial charge in [0.1, 0.15) is 11.8 Å². The van der Waals surface area contributed by atoms with Crippen molar-refractivity contribution < 1.29 is 0 Å². The maximum Gasteiger partial charge on any atom is 0.165 e. The van der Waals surface area contributed by atoms with E-state index in [1.807, 2.05) is 22.9 Å². The van der Waals surface area contributed by atoms with E-state index in [0.717, 1.165) is 11.2 Å². The molecule has 0 atom stereocenters. The molecule has 3 rings (SSSR count). The summed E-state index contributed by atoms with van der Waals surface area (Å²) < 4.78 is 1.92. The predicted molar refractivity (Wildman–Crippen MR) is 63.7 cm³/mol. The van der Waals surface area contributed by atoms with Crippen molar-refractivity contribution in [1.82, 2.24) is 24.5 Å². The number of aromatic nitrogens is 5. The molecule has 0 saturated heterocycles. The molecule has 3 aromatic rings. The average Bonchev–Trinajstić information content (AvgIpc) is 2.76. The summed E-state index contributed by atoms with van der Waals surface area (Å²) in [5.74, 6) is 0. The highest BCUT2D eigenvalue weighted by Crippen LogP contribution is 2.17. The number of fused-ring (bicyclic) bond motifs is 1. The zero-order valence-corrected chi connectivity index (χ0v) is 9.54. The van der Waals surface area contributed by atoms with E-state index in [4.69, 9.17) is 11.6 Å². The van der Waals surface area contributed by atoms with Gasteiger partial charge >= 0.3 is 0 Å². The SMILES string of the molecule is Clc1ncnc2c1ncn2Cc1cccnc1. The van der Waals surface area contributed by atoms with Gasteiger partial charge in [0.2, 0.25) is 0 Å². The molecule has 0 aromatic carbocycles. The van der Waals surface area contributed by atoms with Crippen LogP contribution < -0.4 is 0 Å². The molecule has 0 fully saturated rings. The van der Waals surface area contributed by atoms with Gasteiger partial charge in [-0.05, 0) is 11.6 Å². The first kappa shape index (κ1) is 10.2. The van der Waals surface area contributed by atoms with Crippen LogP contribution in [0.2, 0.25) is 5.15 Å². The van der Waals surface area contributed by atoms with E-state index in [9.17, 15) is 0 Å². The van der Waals surface area contributed by atoms with Gasteiger partial charge in [0.15, 0.2) is 10.8 Å². The lowest BCUT2D eigenvalue weighted by molar-refractivity contribution is 0.809. The molecule has 17 heavy (non-hydrogen) atoms. The van der Waals surface area contributed by atoms with Crippen LogP contribution in [-0.2, 0) is 6.54 Å². The Hall–Kier alpha value is -2.01. The maximum absolute atomic E-state index is 5.93. The van der Waals surface area contributed by atoms with Gasteiger partial charge in [0.05, 0.1) is 12.9 Å². The number of imidazole rings is 1. The number of nitrogens with zero attached hydrogens (tertiary/aromatic N) is 5. The standard InChI is InChI=1S/C11H8ClN5/c12-10-9-11(15-6-14-10)17(7-16-9)5-8-2-1-3-13-4-8/h1-4,6-7H,5H2. The molecular weight excluding hydrogens is 238 g/mol. The van der Waals surface area contributed by atoms with Crippen LogP contribution >= 0.6 is 11.6 Å². The molecule has 0 amide bonds. The number of hydrogen-bond donors (Lipinski definition) is 0. The monoisotopic (exact) mass is 245 g/mol. The number of pyridine rings is 1. The van der Waals surface area contributed by atoms with Gasteiger partial charge in [-0.1, -0.05) is 17.7 Å². The summed E-state index contributed by atoms with van der Waals surface area (Å²) in [6.07, 6.45) is 6.70. The molecule has 3 heterocycles. The number of rotatable bonds is 2. The highest BCUT2D eigenvalue weighted by Gasteiger charge is 2.08. The summed E-state index contributed by atoms with van der Waals surface area (Å²) in [4.78, 5) is 16.3. The topological polar surface area (TPSA) is 56.5 Å². The summed E-state index contributed by atoms with van der Waals surface area (Å²) >= 11 is 5.93. The molecule has 0 N–H and O–H groups in total. The minimum Gasteiger partial charge on any atom is -0.311 e. The van der Waals surface area contributed by atoms with Crippen molar-refractivity contribution in [3.8, 4) is 0 Å². The Labute approximate surface area is 102 Å². The van der Waals surface area contributed by atoms with Gasteiger partial charge in [-0.3, -0.25) is 4.98 Å². The molecule has 0 unspecified atom stereocenters. The predicted octanol–water partition coefficient (Wildman–Crippen LogP) is 1.92. The maximum atomic E-state index is 5.93. The Kier molecular flexibility index (Phi) is 2.45. The number of halogens is 1. The highest BCUT2D eigenvalue weighted by molar-refractivity contribution is 6.33. The van der Waals surface area contributed by atoms with Crippen LogP contribution in [0.1, 0.15) is 5.56 Å². The van der Waals surface area contributed by atoms with Crippen LogP contribution in [0.3, 0.4) is 0 Å². The number of hydrogen-bond acceptors (Lipinski definition) is 4. The third kappa shape index (κ3) is 1.85. The minimum absolute atomic E-state index is 0.375. The molecule has 6 heteroatoms. The molecule has 0 spiro atoms. The van der Waals surface area contributed by atoms with E-state index >= 15 is 0 Å². The summed E-state index contributed by atoms with van der Waals surface area (Å²) in [7, 11) is 0. The fourth-order valence-corrected chi connectivity index (χ4v) is 1.83. The van der Waals surface area contributed by atoms with Gasteiger partial charge < -0.3 is 4.57 Å². The van der Waals surface area contributed by atoms with Crippen molar-refractivity contribution in [2.45, 2.75) is 6.54 Å². The Balaban J connectivity index is 2.05. The third-order valence-electron chi connectivity index (χ3n) is 2.43. The molecule has 0 aliphatic rings. The van der Waals surface area contributed by atoms with Crippen LogP contribution in [0.15, 0.2) is 37.2 Å². The van der Waals surface area contributed by atoms with Crippen molar-refractivity contribution in [3.05, 3.63) is 47.9 Å². The lowest BCUT2D eigenvalue weighted by Gasteiger charge is -2.02. The summed E-state index contributed by atoms with van der Waals surface area (Å²) in [5.41, 5.74) is 2.44. The van der Waals surface area contributed by atoms with Crippen LogP contribution in [0.25, 0.3) is 11.2 Å². The molecular formula is C11H8ClN5. The van der Waals surface area contributed by atoms with Crippen LogP contribution in [0.4, 0.5) is 0 Å². The molecule has 3 aromatic heterocycles. The Morgan fingerprint density at radius 1 is 1.24 bits per heavy atom. The second-order valence-electron chi connectivity index (χ2n) is 3.57. The summed E-state index contributed by atoms with van der Waals surface area (Å²) in [5, 5.41) is 0.375. The van der Waals surface area contributed by atoms with Gasteiger partial charge in [0, 0.05) is 12.4 Å². The molecule has 0 aliphatic carbocycles. The minimum atomic E-state index is 0.375. The summed E-state index contributed by atoms with van der Waals surface area (Å²) in [6, 6.07) is 3.90. The first-order valence-electron chi connectivity index (χ1n) is 5.05. The normalized spacial score (nSPS) is 10.9. The molecule has 0 radical (unpaired) electrons. The van der Waals surface area contributed by atoms with Gasteiger partial charge in [0.25, 0.3) is 0 Å². The van der Waals surface area contributed by atoms with E-state index in [2.05, 4.69) is 19.9 Å². The van der Waals surface area contributed by atoms with Crippen molar-refractivity contribution in [2.75, 3.05) is 0 Å². The molecule has 0 bridgehead atoms. The van der Waals surface area contributed by atoms with E-state index in [0.29, 0.717) is 17.2 Å². The molecule has 84 valence electrons. The van der Waals surface area contributed by atoms with E-state index in [-0.39, 0.29) is 0 Å². The van der Waals surface area contributed by atoms with E-state index < -0.39 is 0 Å². The van der Waals surface area contributed by atoms with Crippen molar-refractivity contribution in [1.29, 1.82) is 0 Å². The quantitative estimate of drug-likeness (QED) is 0.648. The average molecular weight is 246 g/mol. The van der Waals surface area contributed by atoms with Crippen LogP contribution in [0, 0.1) is 0 Å². The molecule has 5 nitrogen and oxygen atoms in total. The Morgan fingerprint density at radius 3 is 3.00 bits per heavy atom. The van der Waals surface area contributed by atoms with Crippen molar-refractivity contribution in [3.63, 3.8) is 0 Å². The fraction of sp³-hybridized carbons (Fsp3) is 0.0909. The second kappa shape index (κ2) is 4.10. The largest absolute Gasteiger partial charge is 0.311 e. The highest BCUT2D eigenvalue weighted by atomic mass is 35.5. The first-order chi connectivity index (χ1) is 8.34. The van der Waals surface area contributed by atoms with Crippen LogP contribution in [0.5, 0.6) is 0 Å². The first-order valence-corrected chi connectivity index (χ1v) is 5.42. The lowest BCUT2D eigenvalue weighted by Crippen LogP contribution is -1.99. The lowest BCUT2D eigenvalue weighted by atomic mass is 10.3. The fourth-order valence-electron chi connectivity index (χ4n) is 1.66. The smallest absolute Gasteiger partial charge is 0.165 e. The zero-order valence-electron chi connectivity index (χ0n) is 8.79. The van der Waals surface area contributed by atoms with Gasteiger partial charge in [-0.2, -0.15) is 0 Å². The third-order valence-corrected chi connectivity index (χ3v) is 2.71. The van der Waals surface area contributed by atoms with Gasteiger partial charge in [-0.15, -0.1) is 0 Å². The van der Waals surface area contributed by atoms with E-state index in [1.54, 1.807) is 12.5 Å². The second-order valence-corrected chi connectivity index (χ2v) is 3.93.